The average Bonchev–Trinajstić information content (AvgIpc) is 2.80. The fourth-order valence-corrected chi connectivity index (χ4v) is 4.51. The standard InChI is InChI=1S/C21H37NO13/c1-7-14(26)10(25)5-12(31-7)34-18-13(22-9(3)24)20(33-11(6-23)16(18)28)35-19-17(29)15(27)8(2)32-21(19)30-4/h7-8,10-21,23,25-29H,5-6H2,1-4H3,(H,22,24)/t7-,8-,10-,11-,12-,13-,14-,15-,16-,17+,18-,19+,20+,21+/m0/s1. The highest BCUT2D eigenvalue weighted by Gasteiger charge is 2.52. The molecule has 1 amide bonds. The van der Waals surface area contributed by atoms with Gasteiger partial charge in [0.15, 0.2) is 18.9 Å². The van der Waals surface area contributed by atoms with Crippen molar-refractivity contribution in [3.05, 3.63) is 0 Å². The summed E-state index contributed by atoms with van der Waals surface area (Å²) in [7, 11) is 1.32. The lowest BCUT2D eigenvalue weighted by atomic mass is 9.95. The molecule has 0 unspecified atom stereocenters. The normalized spacial score (nSPS) is 49.0. The summed E-state index contributed by atoms with van der Waals surface area (Å²) in [6, 6.07) is -1.19. The molecule has 0 aliphatic carbocycles. The van der Waals surface area contributed by atoms with Gasteiger partial charge >= 0.3 is 0 Å². The van der Waals surface area contributed by atoms with Gasteiger partial charge in [-0.15, -0.1) is 0 Å². The molecule has 0 saturated carbocycles. The molecule has 14 heteroatoms. The largest absolute Gasteiger partial charge is 0.394 e. The monoisotopic (exact) mass is 511 g/mol. The van der Waals surface area contributed by atoms with Crippen LogP contribution in [0.4, 0.5) is 0 Å². The average molecular weight is 512 g/mol. The number of aliphatic hydroxyl groups excluding tert-OH is 6. The van der Waals surface area contributed by atoms with Gasteiger partial charge in [-0.2, -0.15) is 0 Å². The third-order valence-corrected chi connectivity index (χ3v) is 6.52. The molecule has 0 bridgehead atoms. The number of carbonyl (C=O) groups excluding carboxylic acids is 1. The molecule has 14 nitrogen and oxygen atoms in total. The fourth-order valence-electron chi connectivity index (χ4n) is 4.51. The number of nitrogens with one attached hydrogen (secondary N) is 1. The van der Waals surface area contributed by atoms with E-state index in [1.807, 2.05) is 0 Å². The second-order valence-corrected chi connectivity index (χ2v) is 9.13. The first-order valence-corrected chi connectivity index (χ1v) is 11.6. The highest BCUT2D eigenvalue weighted by Crippen LogP contribution is 2.32. The van der Waals surface area contributed by atoms with Gasteiger partial charge in [0.25, 0.3) is 0 Å². The highest BCUT2D eigenvalue weighted by molar-refractivity contribution is 5.73. The topological polar surface area (TPSA) is 206 Å². The Balaban J connectivity index is 1.86. The number of rotatable bonds is 7. The summed E-state index contributed by atoms with van der Waals surface area (Å²) in [5.41, 5.74) is 0. The summed E-state index contributed by atoms with van der Waals surface area (Å²) in [6.07, 6.45) is -15.5. The van der Waals surface area contributed by atoms with Crippen LogP contribution in [0.25, 0.3) is 0 Å². The van der Waals surface area contributed by atoms with Crippen molar-refractivity contribution in [2.24, 2.45) is 0 Å². The summed E-state index contributed by atoms with van der Waals surface area (Å²) in [6.45, 7) is 3.67. The number of hydrogen-bond donors (Lipinski definition) is 7. The summed E-state index contributed by atoms with van der Waals surface area (Å²) < 4.78 is 33.9. The van der Waals surface area contributed by atoms with Gasteiger partial charge in [-0.3, -0.25) is 4.79 Å². The molecule has 204 valence electrons. The van der Waals surface area contributed by atoms with E-state index in [4.69, 9.17) is 28.4 Å². The van der Waals surface area contributed by atoms with Crippen LogP contribution in [0.1, 0.15) is 27.2 Å². The van der Waals surface area contributed by atoms with Gasteiger partial charge in [-0.25, -0.2) is 0 Å². The minimum absolute atomic E-state index is 0.122. The summed E-state index contributed by atoms with van der Waals surface area (Å²) in [5, 5.41) is 64.2. The molecular weight excluding hydrogens is 474 g/mol. The smallest absolute Gasteiger partial charge is 0.217 e. The number of methoxy groups -OCH3 is 1. The number of aliphatic hydroxyl groups is 6. The maximum atomic E-state index is 12.0. The van der Waals surface area contributed by atoms with Gasteiger partial charge in [-0.05, 0) is 13.8 Å². The SMILES string of the molecule is CO[C@@H]1O[C@@H](C)[C@H](O)[C@@H](O)[C@H]1O[C@H]1O[C@@H](CO)[C@H](O)[C@@H](O[C@H]2C[C@H](O)[C@@H](O)[C@H](C)O2)[C@@H]1NC(C)=O. The summed E-state index contributed by atoms with van der Waals surface area (Å²) in [5.74, 6) is -0.527. The van der Waals surface area contributed by atoms with Crippen molar-refractivity contribution in [1.29, 1.82) is 0 Å². The van der Waals surface area contributed by atoms with Gasteiger partial charge in [0.1, 0.15) is 48.8 Å². The van der Waals surface area contributed by atoms with Gasteiger partial charge < -0.3 is 64.4 Å². The summed E-state index contributed by atoms with van der Waals surface area (Å²) in [4.78, 5) is 12.0. The van der Waals surface area contributed by atoms with E-state index in [0.717, 1.165) is 0 Å². The van der Waals surface area contributed by atoms with E-state index in [-0.39, 0.29) is 6.42 Å². The van der Waals surface area contributed by atoms with Crippen LogP contribution in [0, 0.1) is 0 Å². The first-order valence-electron chi connectivity index (χ1n) is 11.6. The van der Waals surface area contributed by atoms with Crippen LogP contribution in [0.3, 0.4) is 0 Å². The number of ether oxygens (including phenoxy) is 6. The van der Waals surface area contributed by atoms with E-state index in [9.17, 15) is 35.4 Å². The van der Waals surface area contributed by atoms with Crippen molar-refractivity contribution in [1.82, 2.24) is 5.32 Å². The molecule has 3 saturated heterocycles. The van der Waals surface area contributed by atoms with Crippen molar-refractivity contribution >= 4 is 5.91 Å². The predicted octanol–water partition coefficient (Wildman–Crippen LogP) is -3.69. The van der Waals surface area contributed by atoms with Crippen molar-refractivity contribution in [3.63, 3.8) is 0 Å². The molecule has 3 heterocycles. The molecule has 7 N–H and O–H groups in total. The highest BCUT2D eigenvalue weighted by atomic mass is 16.8. The van der Waals surface area contributed by atoms with Crippen LogP contribution < -0.4 is 5.32 Å². The molecular formula is C21H37NO13. The quantitative estimate of drug-likeness (QED) is 0.176. The van der Waals surface area contributed by atoms with E-state index < -0.39 is 98.5 Å². The van der Waals surface area contributed by atoms with Gasteiger partial charge in [0.2, 0.25) is 5.91 Å². The third-order valence-electron chi connectivity index (χ3n) is 6.52. The van der Waals surface area contributed by atoms with E-state index in [2.05, 4.69) is 5.32 Å². The van der Waals surface area contributed by atoms with Gasteiger partial charge in [0.05, 0.1) is 24.9 Å². The summed E-state index contributed by atoms with van der Waals surface area (Å²) >= 11 is 0. The van der Waals surface area contributed by atoms with Crippen LogP contribution >= 0.6 is 0 Å². The molecule has 0 radical (unpaired) electrons. The minimum Gasteiger partial charge on any atom is -0.394 e. The first-order chi connectivity index (χ1) is 16.5. The van der Waals surface area contributed by atoms with Crippen LogP contribution in [-0.4, -0.2) is 136 Å². The molecule has 3 rings (SSSR count). The number of hydrogen-bond acceptors (Lipinski definition) is 13. The maximum Gasteiger partial charge on any atom is 0.217 e. The van der Waals surface area contributed by atoms with Crippen molar-refractivity contribution in [3.8, 4) is 0 Å². The van der Waals surface area contributed by atoms with E-state index in [0.29, 0.717) is 0 Å². The lowest BCUT2D eigenvalue weighted by Crippen LogP contribution is -2.68. The van der Waals surface area contributed by atoms with Crippen LogP contribution in [0.5, 0.6) is 0 Å². The van der Waals surface area contributed by atoms with Crippen molar-refractivity contribution < 1.29 is 63.9 Å². The van der Waals surface area contributed by atoms with Gasteiger partial charge in [0, 0.05) is 20.5 Å². The zero-order valence-corrected chi connectivity index (χ0v) is 20.0. The Kier molecular flexibility index (Phi) is 9.81. The maximum absolute atomic E-state index is 12.0. The lowest BCUT2D eigenvalue weighted by Gasteiger charge is -2.48. The van der Waals surface area contributed by atoms with E-state index in [1.54, 1.807) is 13.8 Å². The van der Waals surface area contributed by atoms with Gasteiger partial charge in [-0.1, -0.05) is 0 Å². The first kappa shape index (κ1) is 28.6. The predicted molar refractivity (Wildman–Crippen MR) is 113 cm³/mol. The molecule has 0 aromatic rings. The Bertz CT molecular complexity index is 686. The van der Waals surface area contributed by atoms with Crippen molar-refractivity contribution in [2.45, 2.75) is 113 Å². The van der Waals surface area contributed by atoms with Crippen molar-refractivity contribution in [2.75, 3.05) is 13.7 Å². The second-order valence-electron chi connectivity index (χ2n) is 9.13. The molecule has 0 aromatic heterocycles. The molecule has 3 fully saturated rings. The second kappa shape index (κ2) is 12.0. The molecule has 14 atom stereocenters. The van der Waals surface area contributed by atoms with E-state index in [1.165, 1.54) is 14.0 Å². The Labute approximate surface area is 202 Å². The molecule has 35 heavy (non-hydrogen) atoms. The molecule has 0 spiro atoms. The van der Waals surface area contributed by atoms with Crippen LogP contribution in [-0.2, 0) is 33.2 Å². The molecule has 3 aliphatic rings. The fraction of sp³-hybridized carbons (Fsp3) is 0.952. The Morgan fingerprint density at radius 3 is 2.11 bits per heavy atom. The van der Waals surface area contributed by atoms with Crippen LogP contribution in [0.15, 0.2) is 0 Å². The number of amides is 1. The Morgan fingerprint density at radius 1 is 0.886 bits per heavy atom. The Morgan fingerprint density at radius 2 is 1.54 bits per heavy atom. The van der Waals surface area contributed by atoms with Crippen LogP contribution in [0.2, 0.25) is 0 Å². The zero-order chi connectivity index (χ0) is 26.0. The molecule has 3 aliphatic heterocycles. The minimum atomic E-state index is -1.46. The zero-order valence-electron chi connectivity index (χ0n) is 20.0. The molecule has 0 aromatic carbocycles. The third kappa shape index (κ3) is 6.29. The Hall–Kier alpha value is -1.01. The van der Waals surface area contributed by atoms with E-state index >= 15 is 0 Å². The lowest BCUT2D eigenvalue weighted by molar-refractivity contribution is -0.359. The number of carbonyl (C=O) groups is 1.